The molecule has 1 aromatic rings. The number of amides is 1. The molecule has 0 spiro atoms. The second kappa shape index (κ2) is 7.19. The van der Waals surface area contributed by atoms with E-state index in [1.54, 1.807) is 0 Å². The summed E-state index contributed by atoms with van der Waals surface area (Å²) in [4.78, 5) is 11.5. The van der Waals surface area contributed by atoms with Crippen molar-refractivity contribution in [1.29, 1.82) is 0 Å². The fraction of sp³-hybridized carbons (Fsp3) is 0.364. The van der Waals surface area contributed by atoms with Crippen LogP contribution in [0.1, 0.15) is 17.3 Å². The van der Waals surface area contributed by atoms with Gasteiger partial charge in [0.1, 0.15) is 0 Å². The fourth-order valence-corrected chi connectivity index (χ4v) is 1.12. The summed E-state index contributed by atoms with van der Waals surface area (Å²) < 4.78 is 26.0. The summed E-state index contributed by atoms with van der Waals surface area (Å²) in [5, 5.41) is 2.49. The first-order valence-electron chi connectivity index (χ1n) is 4.98. The van der Waals surface area contributed by atoms with Crippen molar-refractivity contribution in [3.8, 4) is 0 Å². The molecule has 1 aromatic carbocycles. The molecule has 1 unspecified atom stereocenters. The van der Waals surface area contributed by atoms with E-state index in [9.17, 15) is 13.6 Å². The number of benzene rings is 1. The molecule has 3 N–H and O–H groups in total. The molecular weight excluding hydrogens is 250 g/mol. The smallest absolute Gasteiger partial charge is 0.254 e. The van der Waals surface area contributed by atoms with Crippen LogP contribution in [0.2, 0.25) is 0 Å². The van der Waals surface area contributed by atoms with Crippen LogP contribution in [-0.4, -0.2) is 19.0 Å². The predicted octanol–water partition coefficient (Wildman–Crippen LogP) is 1.71. The molecule has 0 aliphatic rings. The summed E-state index contributed by atoms with van der Waals surface area (Å²) in [6.07, 6.45) is 0. The highest BCUT2D eigenvalue weighted by atomic mass is 35.5. The molecule has 0 saturated heterocycles. The zero-order chi connectivity index (χ0) is 12.1. The minimum atomic E-state index is -1.12. The second-order valence-electron chi connectivity index (χ2n) is 3.65. The van der Waals surface area contributed by atoms with E-state index in [1.165, 1.54) is 12.1 Å². The molecular formula is C11H15ClF2N2O. The summed E-state index contributed by atoms with van der Waals surface area (Å²) in [5.41, 5.74) is 5.08. The van der Waals surface area contributed by atoms with Crippen LogP contribution in [0.5, 0.6) is 0 Å². The van der Waals surface area contributed by atoms with Gasteiger partial charge >= 0.3 is 0 Å². The maximum atomic E-state index is 13.2. The van der Waals surface area contributed by atoms with E-state index in [0.717, 1.165) is 6.07 Å². The number of hydrogen-bond acceptors (Lipinski definition) is 2. The molecule has 17 heavy (non-hydrogen) atoms. The van der Waals surface area contributed by atoms with Crippen LogP contribution in [-0.2, 0) is 0 Å². The molecule has 0 aliphatic heterocycles. The Morgan fingerprint density at radius 1 is 1.47 bits per heavy atom. The molecule has 1 atom stereocenters. The quantitative estimate of drug-likeness (QED) is 0.870. The van der Waals surface area contributed by atoms with Gasteiger partial charge in [0.25, 0.3) is 5.91 Å². The van der Waals surface area contributed by atoms with Crippen LogP contribution >= 0.6 is 12.4 Å². The number of halogens is 3. The summed E-state index contributed by atoms with van der Waals surface area (Å²) in [6, 6.07) is 3.50. The van der Waals surface area contributed by atoms with Gasteiger partial charge in [-0.05, 0) is 24.6 Å². The van der Waals surface area contributed by atoms with Gasteiger partial charge in [-0.25, -0.2) is 8.78 Å². The van der Waals surface area contributed by atoms with Crippen LogP contribution in [0.25, 0.3) is 0 Å². The van der Waals surface area contributed by atoms with Crippen LogP contribution in [0.3, 0.4) is 0 Å². The van der Waals surface area contributed by atoms with Gasteiger partial charge in [0, 0.05) is 6.54 Å². The van der Waals surface area contributed by atoms with Crippen molar-refractivity contribution in [3.05, 3.63) is 35.4 Å². The summed E-state index contributed by atoms with van der Waals surface area (Å²) in [5.74, 6) is -2.68. The molecule has 1 rings (SSSR count). The van der Waals surface area contributed by atoms with Gasteiger partial charge in [-0.1, -0.05) is 13.0 Å². The first-order chi connectivity index (χ1) is 7.56. The monoisotopic (exact) mass is 264 g/mol. The van der Waals surface area contributed by atoms with E-state index in [2.05, 4.69) is 5.32 Å². The van der Waals surface area contributed by atoms with Gasteiger partial charge in [0.15, 0.2) is 11.6 Å². The molecule has 6 heteroatoms. The summed E-state index contributed by atoms with van der Waals surface area (Å²) in [7, 11) is 0. The highest BCUT2D eigenvalue weighted by Gasteiger charge is 2.14. The van der Waals surface area contributed by atoms with Gasteiger partial charge < -0.3 is 11.1 Å². The van der Waals surface area contributed by atoms with E-state index in [1.807, 2.05) is 6.92 Å². The minimum absolute atomic E-state index is 0. The Bertz CT molecular complexity index is 388. The predicted molar refractivity (Wildman–Crippen MR) is 64.2 cm³/mol. The van der Waals surface area contributed by atoms with Gasteiger partial charge in [-0.2, -0.15) is 0 Å². The van der Waals surface area contributed by atoms with Gasteiger partial charge in [-0.15, -0.1) is 12.4 Å². The number of carbonyl (C=O) groups is 1. The molecule has 3 nitrogen and oxygen atoms in total. The number of hydrogen-bond donors (Lipinski definition) is 2. The molecule has 0 aliphatic carbocycles. The van der Waals surface area contributed by atoms with Gasteiger partial charge in [0.05, 0.1) is 5.56 Å². The van der Waals surface area contributed by atoms with Gasteiger partial charge in [-0.3, -0.25) is 4.79 Å². The lowest BCUT2D eigenvalue weighted by atomic mass is 10.1. The Labute approximate surface area is 105 Å². The average Bonchev–Trinajstić information content (AvgIpc) is 2.29. The van der Waals surface area contributed by atoms with Crippen molar-refractivity contribution in [2.45, 2.75) is 6.92 Å². The summed E-state index contributed by atoms with van der Waals surface area (Å²) >= 11 is 0. The van der Waals surface area contributed by atoms with Crippen LogP contribution in [0.15, 0.2) is 18.2 Å². The number of rotatable bonds is 4. The van der Waals surface area contributed by atoms with Crippen LogP contribution in [0, 0.1) is 17.6 Å². The highest BCUT2D eigenvalue weighted by molar-refractivity contribution is 5.94. The lowest BCUT2D eigenvalue weighted by Crippen LogP contribution is -2.31. The topological polar surface area (TPSA) is 55.1 Å². The minimum Gasteiger partial charge on any atom is -0.352 e. The van der Waals surface area contributed by atoms with Crippen molar-refractivity contribution in [3.63, 3.8) is 0 Å². The number of nitrogens with one attached hydrogen (secondary N) is 1. The molecule has 0 bridgehead atoms. The lowest BCUT2D eigenvalue weighted by molar-refractivity contribution is 0.0943. The number of carbonyl (C=O) groups excluding carboxylic acids is 1. The van der Waals surface area contributed by atoms with Crippen LogP contribution in [0.4, 0.5) is 8.78 Å². The van der Waals surface area contributed by atoms with E-state index in [4.69, 9.17) is 5.73 Å². The Morgan fingerprint density at radius 2 is 2.12 bits per heavy atom. The van der Waals surface area contributed by atoms with Crippen molar-refractivity contribution in [1.82, 2.24) is 5.32 Å². The van der Waals surface area contributed by atoms with Crippen molar-refractivity contribution in [2.24, 2.45) is 11.7 Å². The Hall–Kier alpha value is -1.20. The molecule has 0 fully saturated rings. The van der Waals surface area contributed by atoms with Crippen molar-refractivity contribution < 1.29 is 13.6 Å². The first kappa shape index (κ1) is 15.8. The normalized spacial score (nSPS) is 11.5. The zero-order valence-corrected chi connectivity index (χ0v) is 10.2. The molecule has 96 valence electrons. The molecule has 0 heterocycles. The third-order valence-corrected chi connectivity index (χ3v) is 2.21. The summed E-state index contributed by atoms with van der Waals surface area (Å²) in [6.45, 7) is 2.61. The number of nitrogens with two attached hydrogens (primary N) is 1. The molecule has 0 aromatic heterocycles. The average molecular weight is 265 g/mol. The third-order valence-electron chi connectivity index (χ3n) is 2.21. The lowest BCUT2D eigenvalue weighted by Gasteiger charge is -2.10. The fourth-order valence-electron chi connectivity index (χ4n) is 1.12. The maximum absolute atomic E-state index is 13.2. The van der Waals surface area contributed by atoms with E-state index >= 15 is 0 Å². The molecule has 1 amide bonds. The second-order valence-corrected chi connectivity index (χ2v) is 3.65. The third kappa shape index (κ3) is 4.28. The van der Waals surface area contributed by atoms with Gasteiger partial charge in [0.2, 0.25) is 0 Å². The first-order valence-corrected chi connectivity index (χ1v) is 4.98. The van der Waals surface area contributed by atoms with Crippen LogP contribution < -0.4 is 11.1 Å². The Kier molecular flexibility index (Phi) is 6.68. The van der Waals surface area contributed by atoms with Crippen molar-refractivity contribution >= 4 is 18.3 Å². The van der Waals surface area contributed by atoms with Crippen molar-refractivity contribution in [2.75, 3.05) is 13.1 Å². The van der Waals surface area contributed by atoms with E-state index in [-0.39, 0.29) is 23.9 Å². The van der Waals surface area contributed by atoms with E-state index in [0.29, 0.717) is 13.1 Å². The van der Waals surface area contributed by atoms with E-state index < -0.39 is 17.5 Å². The molecule has 0 saturated carbocycles. The Morgan fingerprint density at radius 3 is 2.71 bits per heavy atom. The highest BCUT2D eigenvalue weighted by Crippen LogP contribution is 2.11. The molecule has 0 radical (unpaired) electrons. The Balaban J connectivity index is 0.00000256. The largest absolute Gasteiger partial charge is 0.352 e. The SMILES string of the molecule is CC(CN)CNC(=O)c1cccc(F)c1F.Cl. The maximum Gasteiger partial charge on any atom is 0.254 e. The standard InChI is InChI=1S/C11H14F2N2O.ClH/c1-7(5-14)6-15-11(16)8-3-2-4-9(12)10(8)13;/h2-4,7H,5-6,14H2,1H3,(H,15,16);1H. The zero-order valence-electron chi connectivity index (χ0n) is 9.37.